The first kappa shape index (κ1) is 14.8. The number of hydrogen-bond acceptors (Lipinski definition) is 3. The van der Waals surface area contributed by atoms with Gasteiger partial charge < -0.3 is 10.4 Å². The number of anilines is 1. The first-order valence-corrected chi connectivity index (χ1v) is 6.96. The van der Waals surface area contributed by atoms with E-state index in [0.29, 0.717) is 23.7 Å². The Balaban J connectivity index is 2.04. The van der Waals surface area contributed by atoms with E-state index in [0.717, 1.165) is 18.4 Å². The van der Waals surface area contributed by atoms with Crippen molar-refractivity contribution in [3.8, 4) is 0 Å². The maximum absolute atomic E-state index is 12.0. The number of hydrogen-bond donors (Lipinski definition) is 2. The monoisotopic (exact) mass is 296 g/mol. The molecular weight excluding hydrogens is 280 g/mol. The quantitative estimate of drug-likeness (QED) is 0.837. The number of rotatable bonds is 4. The lowest BCUT2D eigenvalue weighted by Gasteiger charge is -2.22. The summed E-state index contributed by atoms with van der Waals surface area (Å²) in [6.07, 6.45) is 4.32. The van der Waals surface area contributed by atoms with Crippen molar-refractivity contribution in [3.63, 3.8) is 0 Å². The Morgan fingerprint density at radius 1 is 1.45 bits per heavy atom. The standard InChI is InChI=1S/C14H17ClN2O3/c1-9-6-10(8-16-12(9)15)17-11(18)7-14(13(19)20)4-2-3-5-14/h6,8H,2-5,7H2,1H3,(H,17,18)(H,19,20). The fourth-order valence-electron chi connectivity index (χ4n) is 2.66. The van der Waals surface area contributed by atoms with Crippen LogP contribution in [-0.2, 0) is 9.59 Å². The van der Waals surface area contributed by atoms with E-state index in [1.165, 1.54) is 6.20 Å². The number of aryl methyl sites for hydroxylation is 1. The molecule has 2 rings (SSSR count). The highest BCUT2D eigenvalue weighted by Crippen LogP contribution is 2.41. The fourth-order valence-corrected chi connectivity index (χ4v) is 2.76. The molecule has 0 bridgehead atoms. The molecule has 0 aliphatic heterocycles. The summed E-state index contributed by atoms with van der Waals surface area (Å²) >= 11 is 5.82. The normalized spacial score (nSPS) is 16.9. The number of nitrogens with zero attached hydrogens (tertiary/aromatic N) is 1. The smallest absolute Gasteiger partial charge is 0.310 e. The molecular formula is C14H17ClN2O3. The lowest BCUT2D eigenvalue weighted by Crippen LogP contribution is -2.32. The fraction of sp³-hybridized carbons (Fsp3) is 0.500. The molecule has 1 aromatic rings. The minimum Gasteiger partial charge on any atom is -0.481 e. The molecule has 2 N–H and O–H groups in total. The average molecular weight is 297 g/mol. The molecule has 20 heavy (non-hydrogen) atoms. The number of nitrogens with one attached hydrogen (secondary N) is 1. The number of carboxylic acid groups (broad SMARTS) is 1. The van der Waals surface area contributed by atoms with E-state index < -0.39 is 11.4 Å². The zero-order chi connectivity index (χ0) is 14.8. The third kappa shape index (κ3) is 3.10. The largest absolute Gasteiger partial charge is 0.481 e. The number of carbonyl (C=O) groups is 2. The van der Waals surface area contributed by atoms with Crippen LogP contribution in [0.5, 0.6) is 0 Å². The first-order valence-electron chi connectivity index (χ1n) is 6.58. The predicted octanol–water partition coefficient (Wildman–Crippen LogP) is 3.02. The van der Waals surface area contributed by atoms with Gasteiger partial charge in [-0.1, -0.05) is 24.4 Å². The van der Waals surface area contributed by atoms with Crippen molar-refractivity contribution in [2.45, 2.75) is 39.0 Å². The number of carbonyl (C=O) groups excluding carboxylic acids is 1. The van der Waals surface area contributed by atoms with Crippen molar-refractivity contribution in [1.82, 2.24) is 4.98 Å². The minimum absolute atomic E-state index is 0.00398. The molecule has 0 radical (unpaired) electrons. The van der Waals surface area contributed by atoms with Crippen LogP contribution >= 0.6 is 11.6 Å². The molecule has 6 heteroatoms. The molecule has 108 valence electrons. The molecule has 0 spiro atoms. The van der Waals surface area contributed by atoms with Crippen LogP contribution in [0.15, 0.2) is 12.3 Å². The average Bonchev–Trinajstić information content (AvgIpc) is 2.83. The van der Waals surface area contributed by atoms with Crippen LogP contribution in [0.4, 0.5) is 5.69 Å². The van der Waals surface area contributed by atoms with Crippen LogP contribution < -0.4 is 5.32 Å². The predicted molar refractivity (Wildman–Crippen MR) is 75.8 cm³/mol. The summed E-state index contributed by atoms with van der Waals surface area (Å²) in [6, 6.07) is 1.72. The Morgan fingerprint density at radius 2 is 2.10 bits per heavy atom. The first-order chi connectivity index (χ1) is 9.43. The van der Waals surface area contributed by atoms with Gasteiger partial charge in [-0.15, -0.1) is 0 Å². The third-order valence-electron chi connectivity index (χ3n) is 3.81. The highest BCUT2D eigenvalue weighted by atomic mass is 35.5. The van der Waals surface area contributed by atoms with Crippen molar-refractivity contribution in [2.75, 3.05) is 5.32 Å². The van der Waals surface area contributed by atoms with Crippen LogP contribution in [0, 0.1) is 12.3 Å². The Hall–Kier alpha value is -1.62. The van der Waals surface area contributed by atoms with Crippen LogP contribution in [0.3, 0.4) is 0 Å². The van der Waals surface area contributed by atoms with Crippen molar-refractivity contribution in [1.29, 1.82) is 0 Å². The van der Waals surface area contributed by atoms with Gasteiger partial charge in [-0.3, -0.25) is 9.59 Å². The zero-order valence-corrected chi connectivity index (χ0v) is 12.0. The van der Waals surface area contributed by atoms with Gasteiger partial charge in [0.15, 0.2) is 0 Å². The van der Waals surface area contributed by atoms with Crippen molar-refractivity contribution < 1.29 is 14.7 Å². The van der Waals surface area contributed by atoms with Gasteiger partial charge in [0.2, 0.25) is 5.91 Å². The summed E-state index contributed by atoms with van der Waals surface area (Å²) in [7, 11) is 0. The number of carboxylic acids is 1. The summed E-state index contributed by atoms with van der Waals surface area (Å²) in [5.74, 6) is -1.17. The van der Waals surface area contributed by atoms with Crippen molar-refractivity contribution in [2.24, 2.45) is 5.41 Å². The lowest BCUT2D eigenvalue weighted by molar-refractivity contribution is -0.150. The van der Waals surface area contributed by atoms with Crippen LogP contribution in [-0.4, -0.2) is 22.0 Å². The second-order valence-corrected chi connectivity index (χ2v) is 5.71. The lowest BCUT2D eigenvalue weighted by atomic mass is 9.82. The van der Waals surface area contributed by atoms with E-state index in [1.807, 2.05) is 0 Å². The van der Waals surface area contributed by atoms with E-state index in [2.05, 4.69) is 10.3 Å². The van der Waals surface area contributed by atoms with Gasteiger partial charge >= 0.3 is 5.97 Å². The van der Waals surface area contributed by atoms with Gasteiger partial charge in [-0.2, -0.15) is 0 Å². The van der Waals surface area contributed by atoms with Crippen LogP contribution in [0.25, 0.3) is 0 Å². The van der Waals surface area contributed by atoms with E-state index in [9.17, 15) is 14.7 Å². The number of aliphatic carboxylic acids is 1. The molecule has 0 unspecified atom stereocenters. The van der Waals surface area contributed by atoms with Gasteiger partial charge in [0.05, 0.1) is 17.3 Å². The molecule has 0 atom stereocenters. The number of amides is 1. The van der Waals surface area contributed by atoms with E-state index in [1.54, 1.807) is 13.0 Å². The van der Waals surface area contributed by atoms with Crippen LogP contribution in [0.2, 0.25) is 5.15 Å². The van der Waals surface area contributed by atoms with Gasteiger partial charge in [0, 0.05) is 6.42 Å². The molecule has 0 saturated heterocycles. The summed E-state index contributed by atoms with van der Waals surface area (Å²) in [5.41, 5.74) is 0.396. The Kier molecular flexibility index (Phi) is 4.28. The highest BCUT2D eigenvalue weighted by Gasteiger charge is 2.42. The zero-order valence-electron chi connectivity index (χ0n) is 11.3. The van der Waals surface area contributed by atoms with Crippen molar-refractivity contribution in [3.05, 3.63) is 23.0 Å². The molecule has 1 aliphatic carbocycles. The molecule has 5 nitrogen and oxygen atoms in total. The highest BCUT2D eigenvalue weighted by molar-refractivity contribution is 6.30. The van der Waals surface area contributed by atoms with E-state index >= 15 is 0 Å². The maximum Gasteiger partial charge on any atom is 0.310 e. The minimum atomic E-state index is -0.904. The number of aromatic nitrogens is 1. The van der Waals surface area contributed by atoms with Crippen molar-refractivity contribution >= 4 is 29.2 Å². The summed E-state index contributed by atoms with van der Waals surface area (Å²) in [4.78, 5) is 27.4. The van der Waals surface area contributed by atoms with Gasteiger partial charge in [0.1, 0.15) is 5.15 Å². The number of halogens is 1. The second kappa shape index (κ2) is 5.79. The molecule has 1 heterocycles. The Labute approximate surface area is 122 Å². The summed E-state index contributed by atoms with van der Waals surface area (Å²) < 4.78 is 0. The van der Waals surface area contributed by atoms with Gasteiger partial charge in [-0.25, -0.2) is 4.98 Å². The Morgan fingerprint density at radius 3 is 2.65 bits per heavy atom. The topological polar surface area (TPSA) is 79.3 Å². The molecule has 1 aliphatic rings. The van der Waals surface area contributed by atoms with Crippen LogP contribution in [0.1, 0.15) is 37.7 Å². The molecule has 1 aromatic heterocycles. The SMILES string of the molecule is Cc1cc(NC(=O)CC2(C(=O)O)CCCC2)cnc1Cl. The molecule has 0 aromatic carbocycles. The summed E-state index contributed by atoms with van der Waals surface area (Å²) in [6.45, 7) is 1.79. The number of pyridine rings is 1. The van der Waals surface area contributed by atoms with E-state index in [4.69, 9.17) is 11.6 Å². The Bertz CT molecular complexity index is 539. The van der Waals surface area contributed by atoms with E-state index in [-0.39, 0.29) is 12.3 Å². The molecule has 1 amide bonds. The molecule has 1 saturated carbocycles. The maximum atomic E-state index is 12.0. The second-order valence-electron chi connectivity index (χ2n) is 5.35. The van der Waals surface area contributed by atoms with Gasteiger partial charge in [-0.05, 0) is 31.4 Å². The molecule has 1 fully saturated rings. The summed E-state index contributed by atoms with van der Waals surface area (Å²) in [5, 5.41) is 12.4. The van der Waals surface area contributed by atoms with Gasteiger partial charge in [0.25, 0.3) is 0 Å². The third-order valence-corrected chi connectivity index (χ3v) is 4.21.